The SMILES string of the molecule is CN(C(=O)[C@@H](N)Cc1cc(F)cc(F)c1)c1ccc(C(F)(F)F)nc1. The van der Waals surface area contributed by atoms with E-state index in [1.807, 2.05) is 0 Å². The molecule has 0 unspecified atom stereocenters. The molecule has 25 heavy (non-hydrogen) atoms. The summed E-state index contributed by atoms with van der Waals surface area (Å²) >= 11 is 0. The van der Waals surface area contributed by atoms with Gasteiger partial charge in [-0.25, -0.2) is 13.8 Å². The molecule has 0 fully saturated rings. The molecule has 2 rings (SSSR count). The number of benzene rings is 1. The zero-order valence-corrected chi connectivity index (χ0v) is 13.0. The maximum atomic E-state index is 13.2. The number of hydrogen-bond acceptors (Lipinski definition) is 3. The molecule has 0 radical (unpaired) electrons. The maximum Gasteiger partial charge on any atom is 0.433 e. The lowest BCUT2D eigenvalue weighted by Gasteiger charge is -2.21. The number of hydrogen-bond donors (Lipinski definition) is 1. The number of amides is 1. The fraction of sp³-hybridized carbons (Fsp3) is 0.250. The minimum Gasteiger partial charge on any atom is -0.320 e. The lowest BCUT2D eigenvalue weighted by molar-refractivity contribution is -0.141. The maximum absolute atomic E-state index is 13.2. The van der Waals surface area contributed by atoms with Gasteiger partial charge in [-0.05, 0) is 36.2 Å². The van der Waals surface area contributed by atoms with Crippen LogP contribution < -0.4 is 10.6 Å². The van der Waals surface area contributed by atoms with Crippen LogP contribution in [0.1, 0.15) is 11.3 Å². The highest BCUT2D eigenvalue weighted by Gasteiger charge is 2.32. The number of pyridine rings is 1. The van der Waals surface area contributed by atoms with Gasteiger partial charge in [0, 0.05) is 13.1 Å². The summed E-state index contributed by atoms with van der Waals surface area (Å²) in [4.78, 5) is 16.6. The van der Waals surface area contributed by atoms with Gasteiger partial charge in [-0.15, -0.1) is 0 Å². The Morgan fingerprint density at radius 2 is 1.80 bits per heavy atom. The molecule has 0 bridgehead atoms. The van der Waals surface area contributed by atoms with Crippen LogP contribution in [0.4, 0.5) is 27.6 Å². The Morgan fingerprint density at radius 3 is 2.28 bits per heavy atom. The van der Waals surface area contributed by atoms with E-state index >= 15 is 0 Å². The highest BCUT2D eigenvalue weighted by molar-refractivity contribution is 5.96. The van der Waals surface area contributed by atoms with Crippen LogP contribution in [0.5, 0.6) is 0 Å². The Bertz CT molecular complexity index is 741. The third-order valence-electron chi connectivity index (χ3n) is 3.45. The number of rotatable bonds is 4. The van der Waals surface area contributed by atoms with Gasteiger partial charge in [0.15, 0.2) is 0 Å². The van der Waals surface area contributed by atoms with E-state index in [1.165, 1.54) is 7.05 Å². The van der Waals surface area contributed by atoms with E-state index in [1.54, 1.807) is 0 Å². The summed E-state index contributed by atoms with van der Waals surface area (Å²) in [6.07, 6.45) is -3.82. The Labute approximate surface area is 140 Å². The van der Waals surface area contributed by atoms with Gasteiger partial charge in [0.1, 0.15) is 17.3 Å². The molecule has 134 valence electrons. The smallest absolute Gasteiger partial charge is 0.320 e. The second-order valence-corrected chi connectivity index (χ2v) is 5.38. The molecule has 1 aromatic carbocycles. The molecule has 1 amide bonds. The van der Waals surface area contributed by atoms with Gasteiger partial charge in [-0.1, -0.05) is 0 Å². The van der Waals surface area contributed by atoms with Gasteiger partial charge in [0.25, 0.3) is 0 Å². The van der Waals surface area contributed by atoms with Gasteiger partial charge >= 0.3 is 6.18 Å². The quantitative estimate of drug-likeness (QED) is 0.854. The average Bonchev–Trinajstić information content (AvgIpc) is 2.51. The minimum atomic E-state index is -4.58. The second kappa shape index (κ2) is 7.14. The third kappa shape index (κ3) is 4.72. The number of halogens is 5. The first kappa shape index (κ1) is 18.8. The number of carbonyl (C=O) groups is 1. The average molecular weight is 359 g/mol. The molecule has 0 saturated carbocycles. The van der Waals surface area contributed by atoms with Gasteiger partial charge < -0.3 is 10.6 Å². The van der Waals surface area contributed by atoms with Crippen molar-refractivity contribution in [2.24, 2.45) is 5.73 Å². The molecule has 1 heterocycles. The van der Waals surface area contributed by atoms with E-state index in [-0.39, 0.29) is 17.7 Å². The molecule has 0 aliphatic rings. The highest BCUT2D eigenvalue weighted by atomic mass is 19.4. The first-order chi connectivity index (χ1) is 11.6. The molecule has 0 saturated heterocycles. The van der Waals surface area contributed by atoms with Crippen molar-refractivity contribution in [1.82, 2.24) is 4.98 Å². The number of nitrogens with two attached hydrogens (primary N) is 1. The summed E-state index contributed by atoms with van der Waals surface area (Å²) < 4.78 is 63.8. The Balaban J connectivity index is 2.10. The van der Waals surface area contributed by atoms with Gasteiger partial charge in [-0.3, -0.25) is 4.79 Å². The molecule has 2 aromatic rings. The normalized spacial score (nSPS) is 12.8. The van der Waals surface area contributed by atoms with Crippen molar-refractivity contribution in [1.29, 1.82) is 0 Å². The molecule has 1 aromatic heterocycles. The van der Waals surface area contributed by atoms with Gasteiger partial charge in [-0.2, -0.15) is 13.2 Å². The summed E-state index contributed by atoms with van der Waals surface area (Å²) in [6, 6.07) is 3.49. The van der Waals surface area contributed by atoms with Crippen molar-refractivity contribution < 1.29 is 26.7 Å². The topological polar surface area (TPSA) is 59.2 Å². The summed E-state index contributed by atoms with van der Waals surface area (Å²) in [5.74, 6) is -2.23. The molecule has 4 nitrogen and oxygen atoms in total. The van der Waals surface area contributed by atoms with Crippen molar-refractivity contribution in [3.8, 4) is 0 Å². The fourth-order valence-electron chi connectivity index (χ4n) is 2.20. The Morgan fingerprint density at radius 1 is 1.20 bits per heavy atom. The first-order valence-electron chi connectivity index (χ1n) is 7.09. The standard InChI is InChI=1S/C16H14F5N3O/c1-24(12-2-3-14(23-8-12)16(19,20)21)15(25)13(22)6-9-4-10(17)7-11(18)5-9/h2-5,7-8,13H,6,22H2,1H3/t13-/m0/s1. The molecule has 2 N–H and O–H groups in total. The molecular weight excluding hydrogens is 345 g/mol. The zero-order valence-electron chi connectivity index (χ0n) is 13.0. The van der Waals surface area contributed by atoms with Crippen LogP contribution in [-0.2, 0) is 17.4 Å². The van der Waals surface area contributed by atoms with Crippen molar-refractivity contribution >= 4 is 11.6 Å². The monoisotopic (exact) mass is 359 g/mol. The van der Waals surface area contributed by atoms with Crippen LogP contribution in [0, 0.1) is 11.6 Å². The van der Waals surface area contributed by atoms with Crippen LogP contribution in [-0.4, -0.2) is 24.0 Å². The van der Waals surface area contributed by atoms with Crippen molar-refractivity contribution in [3.05, 3.63) is 59.4 Å². The number of alkyl halides is 3. The lowest BCUT2D eigenvalue weighted by atomic mass is 10.1. The zero-order chi connectivity index (χ0) is 18.8. The van der Waals surface area contributed by atoms with Crippen LogP contribution in [0.3, 0.4) is 0 Å². The Hall–Kier alpha value is -2.55. The summed E-state index contributed by atoms with van der Waals surface area (Å²) in [6.45, 7) is 0. The molecule has 9 heteroatoms. The summed E-state index contributed by atoms with van der Waals surface area (Å²) in [5, 5.41) is 0. The van der Waals surface area contributed by atoms with Gasteiger partial charge in [0.05, 0.1) is 17.9 Å². The van der Waals surface area contributed by atoms with Crippen LogP contribution in [0.2, 0.25) is 0 Å². The fourth-order valence-corrected chi connectivity index (χ4v) is 2.20. The molecule has 0 spiro atoms. The summed E-state index contributed by atoms with van der Waals surface area (Å²) in [7, 11) is 1.32. The van der Waals surface area contributed by atoms with Crippen LogP contribution in [0.15, 0.2) is 36.5 Å². The second-order valence-electron chi connectivity index (χ2n) is 5.38. The van der Waals surface area contributed by atoms with E-state index < -0.39 is 35.5 Å². The van der Waals surface area contributed by atoms with Crippen molar-refractivity contribution in [3.63, 3.8) is 0 Å². The van der Waals surface area contributed by atoms with Crippen LogP contribution >= 0.6 is 0 Å². The predicted molar refractivity (Wildman–Crippen MR) is 80.7 cm³/mol. The van der Waals surface area contributed by atoms with Crippen molar-refractivity contribution in [2.45, 2.75) is 18.6 Å². The number of anilines is 1. The largest absolute Gasteiger partial charge is 0.433 e. The minimum absolute atomic E-state index is 0.110. The van der Waals surface area contributed by atoms with E-state index in [4.69, 9.17) is 5.73 Å². The Kier molecular flexibility index (Phi) is 5.36. The van der Waals surface area contributed by atoms with Gasteiger partial charge in [0.2, 0.25) is 5.91 Å². The highest BCUT2D eigenvalue weighted by Crippen LogP contribution is 2.28. The molecule has 0 aliphatic heterocycles. The van der Waals surface area contributed by atoms with E-state index in [2.05, 4.69) is 4.98 Å². The van der Waals surface area contributed by atoms with E-state index in [0.29, 0.717) is 6.07 Å². The van der Waals surface area contributed by atoms with Crippen molar-refractivity contribution in [2.75, 3.05) is 11.9 Å². The predicted octanol–water partition coefficient (Wildman–Crippen LogP) is 2.91. The lowest BCUT2D eigenvalue weighted by Crippen LogP contribution is -2.43. The molecular formula is C16H14F5N3O. The summed E-state index contributed by atoms with van der Waals surface area (Å²) in [5.41, 5.74) is 4.97. The number of carbonyl (C=O) groups excluding carboxylic acids is 1. The number of nitrogens with zero attached hydrogens (tertiary/aromatic N) is 2. The third-order valence-corrected chi connectivity index (χ3v) is 3.45. The van der Waals surface area contributed by atoms with E-state index in [0.717, 1.165) is 35.4 Å². The number of aromatic nitrogens is 1. The molecule has 1 atom stereocenters. The van der Waals surface area contributed by atoms with E-state index in [9.17, 15) is 26.7 Å². The van der Waals surface area contributed by atoms with Crippen LogP contribution in [0.25, 0.3) is 0 Å². The first-order valence-corrected chi connectivity index (χ1v) is 7.09. The molecule has 0 aliphatic carbocycles. The number of likely N-dealkylation sites (N-methyl/N-ethyl adjacent to an activating group) is 1.